The fraction of sp³-hybridized carbons (Fsp3) is 0.231. The predicted molar refractivity (Wildman–Crippen MR) is 145 cm³/mol. The van der Waals surface area contributed by atoms with Gasteiger partial charge in [-0.15, -0.1) is 0 Å². The second-order valence-electron chi connectivity index (χ2n) is 9.01. The van der Waals surface area contributed by atoms with Crippen LogP contribution in [0, 0.1) is 0 Å². The first-order valence-electron chi connectivity index (χ1n) is 10.8. The number of halogens is 2. The van der Waals surface area contributed by atoms with E-state index in [1.807, 2.05) is 100 Å². The Hall–Kier alpha value is -2.84. The van der Waals surface area contributed by atoms with Crippen LogP contribution in [0.4, 0.5) is 21.0 Å². The zero-order valence-corrected chi connectivity index (χ0v) is 22.7. The van der Waals surface area contributed by atoms with Crippen LogP contribution in [-0.2, 0) is 11.1 Å². The summed E-state index contributed by atoms with van der Waals surface area (Å²) in [5, 5.41) is 11.8. The van der Waals surface area contributed by atoms with Crippen LogP contribution in [0.25, 0.3) is 0 Å². The van der Waals surface area contributed by atoms with Gasteiger partial charge >= 0.3 is 12.1 Å². The van der Waals surface area contributed by atoms with Crippen molar-refractivity contribution in [2.24, 2.45) is 0 Å². The van der Waals surface area contributed by atoms with Crippen molar-refractivity contribution in [3.05, 3.63) is 92.9 Å². The molecule has 0 aliphatic rings. The molecule has 178 valence electrons. The number of rotatable bonds is 6. The van der Waals surface area contributed by atoms with E-state index >= 15 is 0 Å². The minimum absolute atomic E-state index is 0.306. The molecule has 3 rings (SSSR count). The molecule has 0 aromatic heterocycles. The molecule has 0 unspecified atom stereocenters. The number of urea groups is 2. The first-order chi connectivity index (χ1) is 15.9. The quantitative estimate of drug-likeness (QED) is 0.243. The smallest absolute Gasteiger partial charge is 0.319 e. The highest BCUT2D eigenvalue weighted by atomic mass is 79.9. The van der Waals surface area contributed by atoms with E-state index in [0.717, 1.165) is 20.1 Å². The highest BCUT2D eigenvalue weighted by molar-refractivity contribution is 9.10. The fourth-order valence-corrected chi connectivity index (χ4v) is 4.26. The summed E-state index contributed by atoms with van der Waals surface area (Å²) < 4.78 is 1.77. The lowest BCUT2D eigenvalue weighted by molar-refractivity contribution is 0.241. The molecule has 0 radical (unpaired) electrons. The molecule has 34 heavy (non-hydrogen) atoms. The third-order valence-electron chi connectivity index (χ3n) is 5.32. The lowest BCUT2D eigenvalue weighted by Gasteiger charge is -2.31. The Morgan fingerprint density at radius 3 is 1.38 bits per heavy atom. The number of carbonyl (C=O) groups excluding carboxylic acids is 2. The number of benzene rings is 3. The molecule has 3 aromatic rings. The van der Waals surface area contributed by atoms with E-state index < -0.39 is 11.1 Å². The monoisotopic (exact) mass is 586 g/mol. The molecule has 6 nitrogen and oxygen atoms in total. The van der Waals surface area contributed by atoms with E-state index in [1.54, 1.807) is 0 Å². The molecule has 0 fully saturated rings. The molecule has 0 atom stereocenters. The number of hydrogen-bond acceptors (Lipinski definition) is 2. The van der Waals surface area contributed by atoms with Crippen molar-refractivity contribution in [1.29, 1.82) is 0 Å². The molecular formula is C26H28Br2N4O2. The van der Waals surface area contributed by atoms with Crippen LogP contribution in [0.5, 0.6) is 0 Å². The fourth-order valence-electron chi connectivity index (χ4n) is 3.47. The molecule has 8 heteroatoms. The Labute approximate surface area is 217 Å². The maximum atomic E-state index is 12.6. The van der Waals surface area contributed by atoms with E-state index in [4.69, 9.17) is 0 Å². The predicted octanol–water partition coefficient (Wildman–Crippen LogP) is 7.33. The Morgan fingerprint density at radius 2 is 1.00 bits per heavy atom. The molecule has 0 saturated heterocycles. The van der Waals surface area contributed by atoms with Crippen molar-refractivity contribution in [1.82, 2.24) is 10.6 Å². The summed E-state index contributed by atoms with van der Waals surface area (Å²) in [5.41, 5.74) is 1.91. The van der Waals surface area contributed by atoms with Crippen LogP contribution in [0.15, 0.2) is 81.7 Å². The van der Waals surface area contributed by atoms with Crippen LogP contribution in [0.1, 0.15) is 38.8 Å². The number of anilines is 2. The van der Waals surface area contributed by atoms with Crippen molar-refractivity contribution < 1.29 is 9.59 Å². The standard InChI is InChI=1S/C26H28Br2N4O2/c1-25(2,31-23(33)29-21-12-6-10-19(27)15-21)17-8-5-9-18(14-17)26(3,4)32-24(34)30-22-13-7-11-20(28)16-22/h5-16H,1-4H3,(H2,29,31,33)(H2,30,32,34). The van der Waals surface area contributed by atoms with Gasteiger partial charge in [-0.2, -0.15) is 0 Å². The van der Waals surface area contributed by atoms with Gasteiger partial charge in [0.15, 0.2) is 0 Å². The van der Waals surface area contributed by atoms with E-state index in [-0.39, 0.29) is 12.1 Å². The average molecular weight is 588 g/mol. The van der Waals surface area contributed by atoms with Gasteiger partial charge in [0.2, 0.25) is 0 Å². The van der Waals surface area contributed by atoms with Crippen molar-refractivity contribution in [3.8, 4) is 0 Å². The van der Waals surface area contributed by atoms with Crippen LogP contribution < -0.4 is 21.3 Å². The molecule has 3 aromatic carbocycles. The average Bonchev–Trinajstić information content (AvgIpc) is 2.73. The number of hydrogen-bond donors (Lipinski definition) is 4. The summed E-state index contributed by atoms with van der Waals surface area (Å²) in [6, 6.07) is 22.1. The minimum Gasteiger partial charge on any atom is -0.329 e. The van der Waals surface area contributed by atoms with Gasteiger partial charge in [-0.3, -0.25) is 0 Å². The first-order valence-corrected chi connectivity index (χ1v) is 12.3. The third kappa shape index (κ3) is 7.08. The maximum absolute atomic E-state index is 12.6. The lowest BCUT2D eigenvalue weighted by Crippen LogP contribution is -2.45. The molecule has 0 aliphatic carbocycles. The van der Waals surface area contributed by atoms with Gasteiger partial charge in [-0.25, -0.2) is 9.59 Å². The summed E-state index contributed by atoms with van der Waals surface area (Å²) in [6.07, 6.45) is 0. The number of nitrogens with one attached hydrogen (secondary N) is 4. The van der Waals surface area contributed by atoms with Crippen molar-refractivity contribution >= 4 is 55.3 Å². The van der Waals surface area contributed by atoms with Gasteiger partial charge in [-0.1, -0.05) is 68.3 Å². The Balaban J connectivity index is 1.70. The summed E-state index contributed by atoms with van der Waals surface area (Å²) in [5.74, 6) is 0. The third-order valence-corrected chi connectivity index (χ3v) is 6.31. The number of amides is 4. The van der Waals surface area contributed by atoms with E-state index in [1.165, 1.54) is 0 Å². The maximum Gasteiger partial charge on any atom is 0.319 e. The highest BCUT2D eigenvalue weighted by Crippen LogP contribution is 2.27. The molecule has 0 heterocycles. The molecule has 4 amide bonds. The lowest BCUT2D eigenvalue weighted by atomic mass is 9.87. The first kappa shape index (κ1) is 25.8. The summed E-state index contributed by atoms with van der Waals surface area (Å²) in [4.78, 5) is 25.3. The van der Waals surface area contributed by atoms with Crippen LogP contribution in [0.3, 0.4) is 0 Å². The molecule has 0 spiro atoms. The van der Waals surface area contributed by atoms with Gasteiger partial charge < -0.3 is 21.3 Å². The van der Waals surface area contributed by atoms with E-state index in [0.29, 0.717) is 11.4 Å². The SMILES string of the molecule is CC(C)(NC(=O)Nc1cccc(Br)c1)c1cccc(C(C)(C)NC(=O)Nc2cccc(Br)c2)c1. The van der Waals surface area contributed by atoms with Gasteiger partial charge in [0.1, 0.15) is 0 Å². The zero-order valence-electron chi connectivity index (χ0n) is 19.5. The van der Waals surface area contributed by atoms with Crippen LogP contribution in [-0.4, -0.2) is 12.1 Å². The second-order valence-corrected chi connectivity index (χ2v) is 10.8. The van der Waals surface area contributed by atoms with Gasteiger partial charge in [0, 0.05) is 20.3 Å². The van der Waals surface area contributed by atoms with Crippen LogP contribution >= 0.6 is 31.9 Å². The van der Waals surface area contributed by atoms with Crippen molar-refractivity contribution in [2.75, 3.05) is 10.6 Å². The largest absolute Gasteiger partial charge is 0.329 e. The van der Waals surface area contributed by atoms with E-state index in [9.17, 15) is 9.59 Å². The minimum atomic E-state index is -0.652. The molecule has 4 N–H and O–H groups in total. The Morgan fingerprint density at radius 1 is 0.618 bits per heavy atom. The zero-order chi connectivity index (χ0) is 24.9. The molecule has 0 saturated carbocycles. The summed E-state index contributed by atoms with van der Waals surface area (Å²) in [6.45, 7) is 7.75. The summed E-state index contributed by atoms with van der Waals surface area (Å²) >= 11 is 6.81. The molecular weight excluding hydrogens is 560 g/mol. The Kier molecular flexibility index (Phi) is 8.05. The van der Waals surface area contributed by atoms with Crippen molar-refractivity contribution in [2.45, 2.75) is 38.8 Å². The normalized spacial score (nSPS) is 11.5. The van der Waals surface area contributed by atoms with Gasteiger partial charge in [-0.05, 0) is 75.2 Å². The topological polar surface area (TPSA) is 82.3 Å². The van der Waals surface area contributed by atoms with E-state index in [2.05, 4.69) is 53.1 Å². The summed E-state index contributed by atoms with van der Waals surface area (Å²) in [7, 11) is 0. The number of carbonyl (C=O) groups is 2. The second kappa shape index (κ2) is 10.6. The molecule has 0 aliphatic heterocycles. The van der Waals surface area contributed by atoms with Crippen molar-refractivity contribution in [3.63, 3.8) is 0 Å². The van der Waals surface area contributed by atoms with Gasteiger partial charge in [0.05, 0.1) is 11.1 Å². The molecule has 0 bridgehead atoms. The highest BCUT2D eigenvalue weighted by Gasteiger charge is 2.27. The Bertz CT molecular complexity index is 1110. The van der Waals surface area contributed by atoms with Gasteiger partial charge in [0.25, 0.3) is 0 Å². The van der Waals surface area contributed by atoms with Crippen LogP contribution in [0.2, 0.25) is 0 Å².